The van der Waals surface area contributed by atoms with Gasteiger partial charge >= 0.3 is 0 Å². The molecule has 0 unspecified atom stereocenters. The van der Waals surface area contributed by atoms with Gasteiger partial charge in [0.2, 0.25) is 0 Å². The largest absolute Gasteiger partial charge is 0.267 e. The first-order chi connectivity index (χ1) is 6.27. The monoisotopic (exact) mass is 179 g/mol. The molecule has 0 aromatic carbocycles. The molecule has 0 aromatic rings. The number of hydrazine groups is 1. The van der Waals surface area contributed by atoms with Crippen molar-refractivity contribution in [3.8, 4) is 0 Å². The van der Waals surface area contributed by atoms with Crippen LogP contribution in [0.5, 0.6) is 0 Å². The lowest BCUT2D eigenvalue weighted by Crippen LogP contribution is -2.27. The summed E-state index contributed by atoms with van der Waals surface area (Å²) in [5, 5.41) is 1.96. The lowest BCUT2D eigenvalue weighted by molar-refractivity contribution is 0.382. The molecule has 2 aliphatic heterocycles. The Morgan fingerprint density at radius 1 is 1.38 bits per heavy atom. The summed E-state index contributed by atoms with van der Waals surface area (Å²) in [6, 6.07) is 0. The standard InChI is InChI=1S/C8H11N3.C2H6/c1-6-5-9-11-4-3-7(2)10-8(6)11;1-2/h3-4,9H,5H2,1-2H3;1-2H3. The Labute approximate surface area is 79.8 Å². The molecule has 0 saturated carbocycles. The predicted octanol–water partition coefficient (Wildman–Crippen LogP) is 2.05. The SMILES string of the molecule is CC.CC1=NC2=C(C)CNN2C=C1. The van der Waals surface area contributed by atoms with Crippen molar-refractivity contribution in [1.29, 1.82) is 0 Å². The van der Waals surface area contributed by atoms with Gasteiger partial charge in [-0.15, -0.1) is 0 Å². The van der Waals surface area contributed by atoms with E-state index in [0.29, 0.717) is 0 Å². The molecule has 2 aliphatic rings. The van der Waals surface area contributed by atoms with Gasteiger partial charge in [-0.3, -0.25) is 5.01 Å². The summed E-state index contributed by atoms with van der Waals surface area (Å²) in [6.45, 7) is 9.02. The van der Waals surface area contributed by atoms with Crippen LogP contribution in [-0.2, 0) is 0 Å². The molecule has 2 heterocycles. The van der Waals surface area contributed by atoms with E-state index >= 15 is 0 Å². The second kappa shape index (κ2) is 4.23. The minimum absolute atomic E-state index is 0.913. The molecule has 0 fully saturated rings. The van der Waals surface area contributed by atoms with E-state index in [1.165, 1.54) is 5.57 Å². The number of hydrogen-bond donors (Lipinski definition) is 1. The molecule has 0 bridgehead atoms. The van der Waals surface area contributed by atoms with Crippen molar-refractivity contribution in [1.82, 2.24) is 10.4 Å². The maximum Gasteiger partial charge on any atom is 0.147 e. The zero-order valence-electron chi connectivity index (χ0n) is 8.76. The van der Waals surface area contributed by atoms with E-state index in [9.17, 15) is 0 Å². The number of rotatable bonds is 0. The Morgan fingerprint density at radius 3 is 2.77 bits per heavy atom. The Kier molecular flexibility index (Phi) is 3.25. The number of hydrogen-bond acceptors (Lipinski definition) is 3. The molecule has 13 heavy (non-hydrogen) atoms. The van der Waals surface area contributed by atoms with Crippen molar-refractivity contribution in [2.75, 3.05) is 6.54 Å². The molecule has 3 heteroatoms. The summed E-state index contributed by atoms with van der Waals surface area (Å²) in [5.41, 5.74) is 5.56. The maximum absolute atomic E-state index is 4.40. The van der Waals surface area contributed by atoms with Gasteiger partial charge in [0.25, 0.3) is 0 Å². The van der Waals surface area contributed by atoms with Crippen molar-refractivity contribution in [2.24, 2.45) is 4.99 Å². The predicted molar refractivity (Wildman–Crippen MR) is 56.1 cm³/mol. The fourth-order valence-corrected chi connectivity index (χ4v) is 1.22. The van der Waals surface area contributed by atoms with Gasteiger partial charge in [0.05, 0.1) is 0 Å². The van der Waals surface area contributed by atoms with Crippen LogP contribution >= 0.6 is 0 Å². The normalized spacial score (nSPS) is 19.4. The highest BCUT2D eigenvalue weighted by atomic mass is 15.5. The van der Waals surface area contributed by atoms with E-state index in [1.807, 2.05) is 38.1 Å². The van der Waals surface area contributed by atoms with Crippen LogP contribution in [0.15, 0.2) is 28.7 Å². The van der Waals surface area contributed by atoms with Crippen LogP contribution in [0.4, 0.5) is 0 Å². The average Bonchev–Trinajstić information content (AvgIpc) is 2.52. The average molecular weight is 179 g/mol. The summed E-state index contributed by atoms with van der Waals surface area (Å²) in [5.74, 6) is 1.06. The lowest BCUT2D eigenvalue weighted by atomic mass is 10.3. The Bertz CT molecular complexity index is 274. The van der Waals surface area contributed by atoms with E-state index in [1.54, 1.807) is 0 Å². The van der Waals surface area contributed by atoms with E-state index in [-0.39, 0.29) is 0 Å². The minimum Gasteiger partial charge on any atom is -0.267 e. The minimum atomic E-state index is 0.913. The van der Waals surface area contributed by atoms with Gasteiger partial charge in [0.15, 0.2) is 0 Å². The van der Waals surface area contributed by atoms with Crippen molar-refractivity contribution in [3.05, 3.63) is 23.7 Å². The van der Waals surface area contributed by atoms with Gasteiger partial charge < -0.3 is 0 Å². The van der Waals surface area contributed by atoms with Crippen LogP contribution in [0.2, 0.25) is 0 Å². The molecular formula is C10H17N3. The van der Waals surface area contributed by atoms with Crippen molar-refractivity contribution >= 4 is 5.71 Å². The van der Waals surface area contributed by atoms with Gasteiger partial charge in [-0.2, -0.15) is 0 Å². The molecule has 0 spiro atoms. The molecule has 0 radical (unpaired) electrons. The van der Waals surface area contributed by atoms with E-state index in [4.69, 9.17) is 0 Å². The molecule has 0 saturated heterocycles. The molecule has 72 valence electrons. The third kappa shape index (κ3) is 1.98. The van der Waals surface area contributed by atoms with Gasteiger partial charge in [-0.25, -0.2) is 10.4 Å². The summed E-state index contributed by atoms with van der Waals surface area (Å²) in [6.07, 6.45) is 4.00. The van der Waals surface area contributed by atoms with Crippen LogP contribution in [0.3, 0.4) is 0 Å². The summed E-state index contributed by atoms with van der Waals surface area (Å²) >= 11 is 0. The van der Waals surface area contributed by atoms with Crippen molar-refractivity contribution in [2.45, 2.75) is 27.7 Å². The lowest BCUT2D eigenvalue weighted by Gasteiger charge is -2.17. The Balaban J connectivity index is 0.000000396. The van der Waals surface area contributed by atoms with E-state index in [0.717, 1.165) is 18.1 Å². The second-order valence-electron chi connectivity index (χ2n) is 2.88. The number of fused-ring (bicyclic) bond motifs is 1. The Morgan fingerprint density at radius 2 is 2.08 bits per heavy atom. The first-order valence-corrected chi connectivity index (χ1v) is 4.73. The maximum atomic E-state index is 4.40. The molecule has 3 nitrogen and oxygen atoms in total. The fraction of sp³-hybridized carbons (Fsp3) is 0.500. The quantitative estimate of drug-likeness (QED) is 0.616. The van der Waals surface area contributed by atoms with Gasteiger partial charge in [-0.05, 0) is 25.5 Å². The van der Waals surface area contributed by atoms with Crippen molar-refractivity contribution in [3.63, 3.8) is 0 Å². The topological polar surface area (TPSA) is 27.6 Å². The number of nitrogens with one attached hydrogen (secondary N) is 1. The molecule has 2 rings (SSSR count). The van der Waals surface area contributed by atoms with Crippen molar-refractivity contribution < 1.29 is 0 Å². The zero-order chi connectivity index (χ0) is 9.84. The van der Waals surface area contributed by atoms with Crippen LogP contribution in [-0.4, -0.2) is 17.3 Å². The highest BCUT2D eigenvalue weighted by molar-refractivity contribution is 5.94. The van der Waals surface area contributed by atoms with Crippen LogP contribution < -0.4 is 5.43 Å². The third-order valence-electron chi connectivity index (χ3n) is 1.87. The first-order valence-electron chi connectivity index (χ1n) is 4.73. The third-order valence-corrected chi connectivity index (χ3v) is 1.87. The van der Waals surface area contributed by atoms with Gasteiger partial charge in [-0.1, -0.05) is 13.8 Å². The van der Waals surface area contributed by atoms with Crippen LogP contribution in [0, 0.1) is 0 Å². The molecule has 0 amide bonds. The highest BCUT2D eigenvalue weighted by Gasteiger charge is 2.18. The molecule has 0 atom stereocenters. The van der Waals surface area contributed by atoms with Crippen LogP contribution in [0.25, 0.3) is 0 Å². The second-order valence-corrected chi connectivity index (χ2v) is 2.88. The number of aliphatic imine (C=N–C) groups is 1. The van der Waals surface area contributed by atoms with Crippen LogP contribution in [0.1, 0.15) is 27.7 Å². The molecule has 1 N–H and O–H groups in total. The van der Waals surface area contributed by atoms with E-state index in [2.05, 4.69) is 17.3 Å². The Hall–Kier alpha value is -1.09. The smallest absolute Gasteiger partial charge is 0.147 e. The van der Waals surface area contributed by atoms with Gasteiger partial charge in [0.1, 0.15) is 5.82 Å². The zero-order valence-corrected chi connectivity index (χ0v) is 8.76. The first kappa shape index (κ1) is 9.99. The summed E-state index contributed by atoms with van der Waals surface area (Å²) in [4.78, 5) is 4.40. The van der Waals surface area contributed by atoms with Gasteiger partial charge in [0, 0.05) is 18.5 Å². The number of nitrogens with zero attached hydrogens (tertiary/aromatic N) is 2. The summed E-state index contributed by atoms with van der Waals surface area (Å²) in [7, 11) is 0. The molecule has 0 aromatic heterocycles. The molecular weight excluding hydrogens is 162 g/mol. The number of allylic oxidation sites excluding steroid dienone is 1. The van der Waals surface area contributed by atoms with E-state index < -0.39 is 0 Å². The molecule has 0 aliphatic carbocycles. The fourth-order valence-electron chi connectivity index (χ4n) is 1.22. The summed E-state index contributed by atoms with van der Waals surface area (Å²) < 4.78 is 0. The highest BCUT2D eigenvalue weighted by Crippen LogP contribution is 2.19.